The lowest BCUT2D eigenvalue weighted by Gasteiger charge is -2.24. The summed E-state index contributed by atoms with van der Waals surface area (Å²) < 4.78 is 28.1. The molecule has 0 spiro atoms. The molecule has 1 amide bonds. The highest BCUT2D eigenvalue weighted by Gasteiger charge is 2.26. The van der Waals surface area contributed by atoms with Crippen molar-refractivity contribution in [1.29, 1.82) is 0 Å². The quantitative estimate of drug-likeness (QED) is 0.868. The van der Waals surface area contributed by atoms with Gasteiger partial charge in [0, 0.05) is 24.3 Å². The zero-order valence-corrected chi connectivity index (χ0v) is 15.9. The third-order valence-electron chi connectivity index (χ3n) is 4.94. The first-order valence-corrected chi connectivity index (χ1v) is 10.3. The average Bonchev–Trinajstić information content (AvgIpc) is 3.16. The molecule has 6 heteroatoms. The van der Waals surface area contributed by atoms with E-state index in [1.165, 1.54) is 6.07 Å². The largest absolute Gasteiger partial charge is 0.339 e. The van der Waals surface area contributed by atoms with Crippen LogP contribution in [0, 0.1) is 6.92 Å². The Bertz CT molecular complexity index is 889. The topological polar surface area (TPSA) is 66.5 Å². The molecule has 0 saturated heterocycles. The van der Waals surface area contributed by atoms with Crippen molar-refractivity contribution >= 4 is 21.6 Å². The van der Waals surface area contributed by atoms with Crippen LogP contribution in [0.25, 0.3) is 0 Å². The van der Waals surface area contributed by atoms with Crippen LogP contribution in [0.3, 0.4) is 0 Å². The molecule has 138 valence electrons. The maximum absolute atomic E-state index is 12.8. The van der Waals surface area contributed by atoms with E-state index in [9.17, 15) is 13.2 Å². The Kier molecular flexibility index (Phi) is 5.32. The van der Waals surface area contributed by atoms with Crippen molar-refractivity contribution in [2.45, 2.75) is 43.5 Å². The first-order chi connectivity index (χ1) is 12.4. The van der Waals surface area contributed by atoms with Gasteiger partial charge in [-0.3, -0.25) is 9.52 Å². The Labute approximate surface area is 155 Å². The smallest absolute Gasteiger partial charge is 0.262 e. The molecule has 0 radical (unpaired) electrons. The predicted octanol–water partition coefficient (Wildman–Crippen LogP) is 3.81. The highest BCUT2D eigenvalue weighted by molar-refractivity contribution is 7.92. The standard InChI is InChI=1S/C20H24N2O3S/c1-15-12-13-16(20(23)22(2)18-10-6-7-11-18)14-19(15)26(24,25)21-17-8-4-3-5-9-17/h3-5,8-9,12-14,18,21H,6-7,10-11H2,1-2H3. The van der Waals surface area contributed by atoms with Gasteiger partial charge in [0.1, 0.15) is 0 Å². The molecule has 1 fully saturated rings. The lowest BCUT2D eigenvalue weighted by atomic mass is 10.1. The van der Waals surface area contributed by atoms with Crippen molar-refractivity contribution < 1.29 is 13.2 Å². The molecule has 0 aliphatic heterocycles. The summed E-state index contributed by atoms with van der Waals surface area (Å²) in [5.74, 6) is -0.131. The minimum atomic E-state index is -3.77. The summed E-state index contributed by atoms with van der Waals surface area (Å²) in [6.45, 7) is 1.73. The van der Waals surface area contributed by atoms with Crippen LogP contribution in [0.4, 0.5) is 5.69 Å². The van der Waals surface area contributed by atoms with Crippen LogP contribution in [0.2, 0.25) is 0 Å². The number of benzene rings is 2. The van der Waals surface area contributed by atoms with Gasteiger partial charge in [-0.2, -0.15) is 0 Å². The molecule has 1 N–H and O–H groups in total. The minimum Gasteiger partial charge on any atom is -0.339 e. The molecule has 5 nitrogen and oxygen atoms in total. The zero-order valence-electron chi connectivity index (χ0n) is 15.1. The van der Waals surface area contributed by atoms with E-state index in [0.29, 0.717) is 16.8 Å². The lowest BCUT2D eigenvalue weighted by Crippen LogP contribution is -2.35. The van der Waals surface area contributed by atoms with Gasteiger partial charge in [-0.05, 0) is 49.6 Å². The van der Waals surface area contributed by atoms with Crippen molar-refractivity contribution in [1.82, 2.24) is 4.90 Å². The number of nitrogens with one attached hydrogen (secondary N) is 1. The molecule has 26 heavy (non-hydrogen) atoms. The SMILES string of the molecule is Cc1ccc(C(=O)N(C)C2CCCC2)cc1S(=O)(=O)Nc1ccccc1. The number of carbonyl (C=O) groups is 1. The molecule has 0 atom stereocenters. The van der Waals surface area contributed by atoms with E-state index in [2.05, 4.69) is 4.72 Å². The van der Waals surface area contributed by atoms with Gasteiger partial charge >= 0.3 is 0 Å². The molecule has 1 aliphatic carbocycles. The Balaban J connectivity index is 1.88. The number of nitrogens with zero attached hydrogens (tertiary/aromatic N) is 1. The summed E-state index contributed by atoms with van der Waals surface area (Å²) in [6.07, 6.45) is 4.29. The summed E-state index contributed by atoms with van der Waals surface area (Å²) in [7, 11) is -1.97. The molecule has 0 heterocycles. The monoisotopic (exact) mass is 372 g/mol. The molecule has 2 aromatic carbocycles. The van der Waals surface area contributed by atoms with Crippen molar-refractivity contribution in [3.05, 3.63) is 59.7 Å². The zero-order chi connectivity index (χ0) is 18.7. The number of anilines is 1. The summed E-state index contributed by atoms with van der Waals surface area (Å²) in [6, 6.07) is 13.8. The minimum absolute atomic E-state index is 0.131. The maximum atomic E-state index is 12.8. The second-order valence-electron chi connectivity index (χ2n) is 6.81. The number of hydrogen-bond donors (Lipinski definition) is 1. The van der Waals surface area contributed by atoms with E-state index in [0.717, 1.165) is 25.7 Å². The Hall–Kier alpha value is -2.34. The van der Waals surface area contributed by atoms with Gasteiger partial charge in [0.25, 0.3) is 15.9 Å². The highest BCUT2D eigenvalue weighted by atomic mass is 32.2. The Morgan fingerprint density at radius 3 is 2.38 bits per heavy atom. The molecular weight excluding hydrogens is 348 g/mol. The molecule has 3 rings (SSSR count). The fourth-order valence-corrected chi connectivity index (χ4v) is 4.73. The van der Waals surface area contributed by atoms with Crippen LogP contribution in [-0.2, 0) is 10.0 Å². The van der Waals surface area contributed by atoms with Crippen molar-refractivity contribution in [3.8, 4) is 0 Å². The normalized spacial score (nSPS) is 15.0. The first kappa shape index (κ1) is 18.5. The molecule has 2 aromatic rings. The van der Waals surface area contributed by atoms with E-state index in [1.54, 1.807) is 55.3 Å². The third kappa shape index (κ3) is 3.90. The van der Waals surface area contributed by atoms with Gasteiger partial charge in [0.15, 0.2) is 0 Å². The van der Waals surface area contributed by atoms with Crippen LogP contribution in [-0.4, -0.2) is 32.3 Å². The first-order valence-electron chi connectivity index (χ1n) is 8.84. The van der Waals surface area contributed by atoms with Gasteiger partial charge in [0.2, 0.25) is 0 Å². The lowest BCUT2D eigenvalue weighted by molar-refractivity contribution is 0.0735. The number of aryl methyl sites for hydroxylation is 1. The van der Waals surface area contributed by atoms with Crippen molar-refractivity contribution in [2.75, 3.05) is 11.8 Å². The van der Waals surface area contributed by atoms with E-state index >= 15 is 0 Å². The number of para-hydroxylation sites is 1. The van der Waals surface area contributed by atoms with Gasteiger partial charge in [-0.15, -0.1) is 0 Å². The van der Waals surface area contributed by atoms with Crippen LogP contribution >= 0.6 is 0 Å². The fourth-order valence-electron chi connectivity index (χ4n) is 3.40. The van der Waals surface area contributed by atoms with Crippen LogP contribution in [0.15, 0.2) is 53.4 Å². The fraction of sp³-hybridized carbons (Fsp3) is 0.350. The molecule has 0 unspecified atom stereocenters. The maximum Gasteiger partial charge on any atom is 0.262 e. The number of carbonyl (C=O) groups excluding carboxylic acids is 1. The summed E-state index contributed by atoms with van der Waals surface area (Å²) in [5, 5.41) is 0. The van der Waals surface area contributed by atoms with Crippen molar-refractivity contribution in [2.24, 2.45) is 0 Å². The number of rotatable bonds is 5. The summed E-state index contributed by atoms with van der Waals surface area (Å²) in [5.41, 5.74) is 1.50. The Morgan fingerprint density at radius 2 is 1.73 bits per heavy atom. The Morgan fingerprint density at radius 1 is 1.08 bits per heavy atom. The van der Waals surface area contributed by atoms with Crippen LogP contribution < -0.4 is 4.72 Å². The molecule has 1 aliphatic rings. The predicted molar refractivity (Wildman–Crippen MR) is 103 cm³/mol. The van der Waals surface area contributed by atoms with Crippen LogP contribution in [0.5, 0.6) is 0 Å². The molecule has 1 saturated carbocycles. The average molecular weight is 372 g/mol. The highest BCUT2D eigenvalue weighted by Crippen LogP contribution is 2.25. The van der Waals surface area contributed by atoms with Gasteiger partial charge in [0.05, 0.1) is 4.90 Å². The van der Waals surface area contributed by atoms with Gasteiger partial charge in [-0.1, -0.05) is 37.1 Å². The van der Waals surface area contributed by atoms with E-state index in [4.69, 9.17) is 0 Å². The van der Waals surface area contributed by atoms with E-state index in [-0.39, 0.29) is 16.8 Å². The molecule has 0 bridgehead atoms. The van der Waals surface area contributed by atoms with Gasteiger partial charge in [-0.25, -0.2) is 8.42 Å². The van der Waals surface area contributed by atoms with Crippen LogP contribution in [0.1, 0.15) is 41.6 Å². The summed E-state index contributed by atoms with van der Waals surface area (Å²) in [4.78, 5) is 14.7. The number of sulfonamides is 1. The number of hydrogen-bond acceptors (Lipinski definition) is 3. The van der Waals surface area contributed by atoms with E-state index < -0.39 is 10.0 Å². The van der Waals surface area contributed by atoms with Crippen molar-refractivity contribution in [3.63, 3.8) is 0 Å². The second kappa shape index (κ2) is 7.50. The summed E-state index contributed by atoms with van der Waals surface area (Å²) >= 11 is 0. The molecule has 0 aromatic heterocycles. The van der Waals surface area contributed by atoms with Gasteiger partial charge < -0.3 is 4.90 Å². The third-order valence-corrected chi connectivity index (χ3v) is 6.47. The number of amides is 1. The molecular formula is C20H24N2O3S. The van der Waals surface area contributed by atoms with E-state index in [1.807, 2.05) is 6.07 Å². The second-order valence-corrected chi connectivity index (χ2v) is 8.46.